The van der Waals surface area contributed by atoms with Gasteiger partial charge in [0.15, 0.2) is 0 Å². The summed E-state index contributed by atoms with van der Waals surface area (Å²) in [5.41, 5.74) is 2.14. The molecule has 2 aromatic rings. The fraction of sp³-hybridized carbons (Fsp3) is 0.417. The molecule has 150 valence electrons. The topological polar surface area (TPSA) is 40.5 Å². The first-order valence-electron chi connectivity index (χ1n) is 9.58. The fourth-order valence-electron chi connectivity index (χ4n) is 1.68. The second-order valence-corrected chi connectivity index (χ2v) is 5.83. The number of aliphatic hydroxyl groups excluding tert-OH is 2. The van der Waals surface area contributed by atoms with Gasteiger partial charge in [0.1, 0.15) is 0 Å². The number of rotatable bonds is 6. The number of aliphatic hydroxyl groups is 2. The number of hydrogen-bond acceptors (Lipinski definition) is 2. The molecule has 0 fully saturated rings. The quantitative estimate of drug-likeness (QED) is 0.415. The van der Waals surface area contributed by atoms with E-state index in [1.807, 2.05) is 60.7 Å². The summed E-state index contributed by atoms with van der Waals surface area (Å²) in [6, 6.07) is 19.7. The molecule has 2 rings (SSSR count). The van der Waals surface area contributed by atoms with Crippen molar-refractivity contribution >= 4 is 0 Å². The molecule has 0 saturated carbocycles. The largest absolute Gasteiger partial charge is 2.00 e. The van der Waals surface area contributed by atoms with Crippen LogP contribution in [-0.4, -0.2) is 23.4 Å². The minimum absolute atomic E-state index is 0. The summed E-state index contributed by atoms with van der Waals surface area (Å²) in [4.78, 5) is 0. The third-order valence-electron chi connectivity index (χ3n) is 3.21. The van der Waals surface area contributed by atoms with Crippen LogP contribution in [0.5, 0.6) is 0 Å². The Balaban J connectivity index is -0.000000282. The normalized spacial score (nSPS) is 8.44. The van der Waals surface area contributed by atoms with E-state index in [0.29, 0.717) is 13.2 Å². The number of hydrogen-bond donors (Lipinski definition) is 2. The van der Waals surface area contributed by atoms with Gasteiger partial charge in [0.05, 0.1) is 0 Å². The van der Waals surface area contributed by atoms with Crippen LogP contribution in [0.2, 0.25) is 0 Å². The molecule has 0 unspecified atom stereocenters. The third kappa shape index (κ3) is 30.0. The molecular weight excluding hydrogens is 411 g/mol. The van der Waals surface area contributed by atoms with Gasteiger partial charge < -0.3 is 10.2 Å². The van der Waals surface area contributed by atoms with E-state index in [1.165, 1.54) is 12.8 Å². The van der Waals surface area contributed by atoms with Crippen LogP contribution >= 0.6 is 0 Å². The Morgan fingerprint density at radius 1 is 0.593 bits per heavy atom. The van der Waals surface area contributed by atoms with Crippen LogP contribution in [0.3, 0.4) is 0 Å². The molecule has 0 aliphatic heterocycles. The Kier molecular flexibility index (Phi) is 30.9. The molecule has 2 N–H and O–H groups in total. The Labute approximate surface area is 187 Å². The minimum Gasteiger partial charge on any atom is -0.396 e. The summed E-state index contributed by atoms with van der Waals surface area (Å²) in [5.74, 6) is 0. The van der Waals surface area contributed by atoms with E-state index >= 15 is 0 Å². The molecular formula is C24H38O2Zr. The van der Waals surface area contributed by atoms with Crippen LogP contribution in [0.25, 0.3) is 0 Å². The maximum Gasteiger partial charge on any atom is 2.00 e. The Bertz CT molecular complexity index is 407. The molecule has 0 spiro atoms. The maximum absolute atomic E-state index is 8.20. The average Bonchev–Trinajstić information content (AvgIpc) is 2.67. The van der Waals surface area contributed by atoms with Crippen molar-refractivity contribution < 1.29 is 36.4 Å². The molecule has 0 heterocycles. The molecule has 0 radical (unpaired) electrons. The van der Waals surface area contributed by atoms with Gasteiger partial charge in [-0.25, -0.2) is 0 Å². The Morgan fingerprint density at radius 3 is 1.00 bits per heavy atom. The van der Waals surface area contributed by atoms with Gasteiger partial charge in [-0.05, 0) is 12.8 Å². The van der Waals surface area contributed by atoms with Gasteiger partial charge in [-0.1, -0.05) is 51.7 Å². The van der Waals surface area contributed by atoms with Crippen molar-refractivity contribution in [3.05, 3.63) is 85.6 Å². The van der Waals surface area contributed by atoms with Crippen molar-refractivity contribution in [2.75, 3.05) is 13.2 Å². The summed E-state index contributed by atoms with van der Waals surface area (Å²) >= 11 is 0. The third-order valence-corrected chi connectivity index (χ3v) is 3.21. The van der Waals surface area contributed by atoms with Gasteiger partial charge in [-0.2, -0.15) is 49.2 Å². The average molecular weight is 450 g/mol. The van der Waals surface area contributed by atoms with Gasteiger partial charge in [0.25, 0.3) is 0 Å². The standard InChI is InChI=1S/2C7H7.2C5H12O.Zr/c2*1-7-5-3-2-4-6-7;2*1-2-3-4-5-6;/h2*2-6H,1H2;2*6H,2-5H2,1H3;/q2*-1;;;+2. The first-order chi connectivity index (χ1) is 12.6. The van der Waals surface area contributed by atoms with E-state index in [4.69, 9.17) is 10.2 Å². The summed E-state index contributed by atoms with van der Waals surface area (Å²) in [5, 5.41) is 16.4. The van der Waals surface area contributed by atoms with E-state index < -0.39 is 0 Å². The molecule has 2 aromatic carbocycles. The Hall–Kier alpha value is -1.02. The minimum atomic E-state index is 0. The van der Waals surface area contributed by atoms with Crippen LogP contribution < -0.4 is 0 Å². The van der Waals surface area contributed by atoms with Crippen LogP contribution in [0.15, 0.2) is 60.7 Å². The maximum atomic E-state index is 8.20. The van der Waals surface area contributed by atoms with Gasteiger partial charge in [-0.3, -0.25) is 0 Å². The molecule has 0 aliphatic carbocycles. The predicted octanol–water partition coefficient (Wildman–Crippen LogP) is 6.07. The van der Waals surface area contributed by atoms with Crippen molar-refractivity contribution in [1.82, 2.24) is 0 Å². The second-order valence-electron chi connectivity index (χ2n) is 5.83. The van der Waals surface area contributed by atoms with E-state index in [1.54, 1.807) is 0 Å². The fourth-order valence-corrected chi connectivity index (χ4v) is 1.68. The van der Waals surface area contributed by atoms with Crippen LogP contribution in [0.4, 0.5) is 0 Å². The summed E-state index contributed by atoms with van der Waals surface area (Å²) in [6.07, 6.45) is 6.65. The molecule has 3 heteroatoms. The first kappa shape index (κ1) is 30.7. The molecule has 0 amide bonds. The van der Waals surface area contributed by atoms with E-state index in [0.717, 1.165) is 36.8 Å². The zero-order chi connectivity index (χ0) is 19.9. The van der Waals surface area contributed by atoms with Crippen LogP contribution in [0.1, 0.15) is 63.5 Å². The van der Waals surface area contributed by atoms with Crippen molar-refractivity contribution in [3.8, 4) is 0 Å². The van der Waals surface area contributed by atoms with Gasteiger partial charge in [0, 0.05) is 13.2 Å². The summed E-state index contributed by atoms with van der Waals surface area (Å²) in [7, 11) is 0. The van der Waals surface area contributed by atoms with Crippen LogP contribution in [0, 0.1) is 13.8 Å². The second kappa shape index (κ2) is 27.2. The SMILES string of the molecule is CCCCCO.CCCCCO.[CH2-]c1ccccc1.[CH2-]c1ccccc1.[Zr+2]. The molecule has 27 heavy (non-hydrogen) atoms. The van der Waals surface area contributed by atoms with Crippen molar-refractivity contribution in [3.63, 3.8) is 0 Å². The van der Waals surface area contributed by atoms with E-state index in [-0.39, 0.29) is 26.2 Å². The monoisotopic (exact) mass is 448 g/mol. The van der Waals surface area contributed by atoms with Gasteiger partial charge in [0.2, 0.25) is 0 Å². The molecule has 0 bridgehead atoms. The zero-order valence-electron chi connectivity index (χ0n) is 17.2. The zero-order valence-corrected chi connectivity index (χ0v) is 19.7. The predicted molar refractivity (Wildman–Crippen MR) is 115 cm³/mol. The Morgan fingerprint density at radius 2 is 0.889 bits per heavy atom. The van der Waals surface area contributed by atoms with E-state index in [9.17, 15) is 0 Å². The van der Waals surface area contributed by atoms with Gasteiger partial charge in [-0.15, -0.1) is 24.3 Å². The molecule has 0 saturated heterocycles. The van der Waals surface area contributed by atoms with Gasteiger partial charge >= 0.3 is 26.2 Å². The number of unbranched alkanes of at least 4 members (excludes halogenated alkanes) is 4. The molecule has 2 nitrogen and oxygen atoms in total. The van der Waals surface area contributed by atoms with E-state index in [2.05, 4.69) is 27.7 Å². The summed E-state index contributed by atoms with van der Waals surface area (Å²) in [6.45, 7) is 12.4. The van der Waals surface area contributed by atoms with Crippen molar-refractivity contribution in [1.29, 1.82) is 0 Å². The number of benzene rings is 2. The molecule has 0 aliphatic rings. The summed E-state index contributed by atoms with van der Waals surface area (Å²) < 4.78 is 0. The van der Waals surface area contributed by atoms with Crippen LogP contribution in [-0.2, 0) is 26.2 Å². The van der Waals surface area contributed by atoms with Crippen molar-refractivity contribution in [2.24, 2.45) is 0 Å². The van der Waals surface area contributed by atoms with Crippen molar-refractivity contribution in [2.45, 2.75) is 52.4 Å². The molecule has 0 atom stereocenters. The smallest absolute Gasteiger partial charge is 0.396 e. The molecule has 0 aromatic heterocycles. The first-order valence-corrected chi connectivity index (χ1v) is 9.58.